The monoisotopic (exact) mass is 275 g/mol. The van der Waals surface area contributed by atoms with Gasteiger partial charge in [0.05, 0.1) is 19.5 Å². The first-order chi connectivity index (χ1) is 9.86. The van der Waals surface area contributed by atoms with E-state index in [4.69, 9.17) is 9.15 Å². The molecule has 0 aliphatic carbocycles. The molecule has 1 saturated heterocycles. The Morgan fingerprint density at radius 2 is 2.10 bits per heavy atom. The second-order valence-corrected chi connectivity index (χ2v) is 4.39. The number of nitrogens with one attached hydrogen (secondary N) is 1. The van der Waals surface area contributed by atoms with Gasteiger partial charge in [-0.05, 0) is 19.1 Å². The number of furan rings is 1. The molecule has 0 saturated carbocycles. The fourth-order valence-electron chi connectivity index (χ4n) is 2.02. The van der Waals surface area contributed by atoms with Crippen LogP contribution in [0.3, 0.4) is 0 Å². The highest BCUT2D eigenvalue weighted by atomic mass is 16.5. The summed E-state index contributed by atoms with van der Waals surface area (Å²) >= 11 is 0. The number of anilines is 2. The Balaban J connectivity index is 1.95. The van der Waals surface area contributed by atoms with E-state index in [0.717, 1.165) is 19.6 Å². The van der Waals surface area contributed by atoms with Crippen LogP contribution >= 0.6 is 0 Å². The molecule has 1 N–H and O–H groups in total. The van der Waals surface area contributed by atoms with Crippen molar-refractivity contribution in [1.29, 1.82) is 0 Å². The molecular weight excluding hydrogens is 258 g/mol. The second-order valence-electron chi connectivity index (χ2n) is 4.39. The van der Waals surface area contributed by atoms with Crippen LogP contribution in [0.5, 0.6) is 0 Å². The Hall–Kier alpha value is -2.15. The first-order valence-corrected chi connectivity index (χ1v) is 6.73. The Bertz CT molecular complexity index is 552. The largest absolute Gasteiger partial charge is 0.461 e. The van der Waals surface area contributed by atoms with Crippen molar-refractivity contribution in [1.82, 2.24) is 15.0 Å². The van der Waals surface area contributed by atoms with Crippen LogP contribution < -0.4 is 10.2 Å². The van der Waals surface area contributed by atoms with E-state index in [-0.39, 0.29) is 0 Å². The van der Waals surface area contributed by atoms with Crippen LogP contribution in [0.4, 0.5) is 11.9 Å². The molecule has 106 valence electrons. The smallest absolute Gasteiger partial charge is 0.230 e. The van der Waals surface area contributed by atoms with Gasteiger partial charge in [-0.25, -0.2) is 0 Å². The SMILES string of the molecule is CCNc1nc(-c2ccco2)nc(N2CCOCC2)n1. The lowest BCUT2D eigenvalue weighted by molar-refractivity contribution is 0.122. The summed E-state index contributed by atoms with van der Waals surface area (Å²) < 4.78 is 10.7. The topological polar surface area (TPSA) is 76.3 Å². The Morgan fingerprint density at radius 3 is 2.80 bits per heavy atom. The molecule has 2 aromatic heterocycles. The summed E-state index contributed by atoms with van der Waals surface area (Å²) in [6.45, 7) is 5.71. The van der Waals surface area contributed by atoms with Gasteiger partial charge in [-0.3, -0.25) is 0 Å². The van der Waals surface area contributed by atoms with Gasteiger partial charge in [-0.1, -0.05) is 0 Å². The first-order valence-electron chi connectivity index (χ1n) is 6.73. The van der Waals surface area contributed by atoms with Crippen molar-refractivity contribution in [2.45, 2.75) is 6.92 Å². The van der Waals surface area contributed by atoms with Crippen molar-refractivity contribution in [2.75, 3.05) is 43.1 Å². The van der Waals surface area contributed by atoms with E-state index < -0.39 is 0 Å². The van der Waals surface area contributed by atoms with Crippen molar-refractivity contribution in [3.8, 4) is 11.6 Å². The molecule has 20 heavy (non-hydrogen) atoms. The summed E-state index contributed by atoms with van der Waals surface area (Å²) in [7, 11) is 0. The lowest BCUT2D eigenvalue weighted by atomic mass is 10.4. The molecule has 1 aliphatic rings. The van der Waals surface area contributed by atoms with Crippen LogP contribution in [0.2, 0.25) is 0 Å². The average molecular weight is 275 g/mol. The predicted octanol–water partition coefficient (Wildman–Crippen LogP) is 1.40. The maximum absolute atomic E-state index is 5.37. The van der Waals surface area contributed by atoms with Crippen LogP contribution in [0.15, 0.2) is 22.8 Å². The molecule has 0 radical (unpaired) electrons. The number of aromatic nitrogens is 3. The summed E-state index contributed by atoms with van der Waals surface area (Å²) in [5, 5.41) is 3.13. The highest BCUT2D eigenvalue weighted by Crippen LogP contribution is 2.20. The Labute approximate surface area is 117 Å². The Kier molecular flexibility index (Phi) is 3.78. The van der Waals surface area contributed by atoms with E-state index in [0.29, 0.717) is 36.7 Å². The third-order valence-electron chi connectivity index (χ3n) is 2.99. The number of hydrogen-bond donors (Lipinski definition) is 1. The molecular formula is C13H17N5O2. The molecule has 0 atom stereocenters. The van der Waals surface area contributed by atoms with Crippen LogP contribution in [-0.4, -0.2) is 47.8 Å². The molecule has 0 amide bonds. The van der Waals surface area contributed by atoms with E-state index >= 15 is 0 Å². The molecule has 0 aromatic carbocycles. The summed E-state index contributed by atoms with van der Waals surface area (Å²) in [5.41, 5.74) is 0. The molecule has 0 spiro atoms. The fourth-order valence-corrected chi connectivity index (χ4v) is 2.02. The standard InChI is InChI=1S/C13H17N5O2/c1-2-14-12-15-11(10-4-3-7-20-10)16-13(17-12)18-5-8-19-9-6-18/h3-4,7H,2,5-6,8-9H2,1H3,(H,14,15,16,17). The third kappa shape index (κ3) is 2.72. The zero-order valence-electron chi connectivity index (χ0n) is 11.4. The van der Waals surface area contributed by atoms with Gasteiger partial charge in [0, 0.05) is 19.6 Å². The second kappa shape index (κ2) is 5.87. The summed E-state index contributed by atoms with van der Waals surface area (Å²) in [6, 6.07) is 3.66. The highest BCUT2D eigenvalue weighted by molar-refractivity contribution is 5.52. The van der Waals surface area contributed by atoms with E-state index in [9.17, 15) is 0 Å². The molecule has 0 unspecified atom stereocenters. The minimum atomic E-state index is 0.544. The zero-order chi connectivity index (χ0) is 13.8. The van der Waals surface area contributed by atoms with E-state index in [1.54, 1.807) is 6.26 Å². The minimum absolute atomic E-state index is 0.544. The predicted molar refractivity (Wildman–Crippen MR) is 74.7 cm³/mol. The van der Waals surface area contributed by atoms with Gasteiger partial charge in [-0.15, -0.1) is 0 Å². The normalized spacial score (nSPS) is 15.3. The average Bonchev–Trinajstić information content (AvgIpc) is 3.02. The van der Waals surface area contributed by atoms with Gasteiger partial charge in [0.15, 0.2) is 5.76 Å². The summed E-state index contributed by atoms with van der Waals surface area (Å²) in [6.07, 6.45) is 1.61. The van der Waals surface area contributed by atoms with Crippen LogP contribution in [0.25, 0.3) is 11.6 Å². The van der Waals surface area contributed by atoms with Crippen molar-refractivity contribution in [3.05, 3.63) is 18.4 Å². The minimum Gasteiger partial charge on any atom is -0.461 e. The van der Waals surface area contributed by atoms with Gasteiger partial charge < -0.3 is 19.4 Å². The van der Waals surface area contributed by atoms with Crippen LogP contribution in [0, 0.1) is 0 Å². The van der Waals surface area contributed by atoms with E-state index in [1.807, 2.05) is 19.1 Å². The molecule has 7 heteroatoms. The van der Waals surface area contributed by atoms with E-state index in [2.05, 4.69) is 25.2 Å². The molecule has 3 heterocycles. The van der Waals surface area contributed by atoms with Crippen LogP contribution in [-0.2, 0) is 4.74 Å². The van der Waals surface area contributed by atoms with Gasteiger partial charge in [0.25, 0.3) is 0 Å². The maximum atomic E-state index is 5.37. The van der Waals surface area contributed by atoms with Crippen molar-refractivity contribution in [3.63, 3.8) is 0 Å². The molecule has 7 nitrogen and oxygen atoms in total. The molecule has 1 fully saturated rings. The maximum Gasteiger partial charge on any atom is 0.230 e. The number of ether oxygens (including phenoxy) is 1. The van der Waals surface area contributed by atoms with Gasteiger partial charge in [-0.2, -0.15) is 15.0 Å². The number of nitrogens with zero attached hydrogens (tertiary/aromatic N) is 4. The van der Waals surface area contributed by atoms with Crippen molar-refractivity contribution < 1.29 is 9.15 Å². The number of morpholine rings is 1. The summed E-state index contributed by atoms with van der Waals surface area (Å²) in [4.78, 5) is 15.4. The van der Waals surface area contributed by atoms with Gasteiger partial charge in [0.2, 0.25) is 17.7 Å². The van der Waals surface area contributed by atoms with Crippen LogP contribution in [0.1, 0.15) is 6.92 Å². The fraction of sp³-hybridized carbons (Fsp3) is 0.462. The quantitative estimate of drug-likeness (QED) is 0.903. The van der Waals surface area contributed by atoms with Crippen molar-refractivity contribution in [2.24, 2.45) is 0 Å². The zero-order valence-corrected chi connectivity index (χ0v) is 11.4. The third-order valence-corrected chi connectivity index (χ3v) is 2.99. The Morgan fingerprint density at radius 1 is 1.25 bits per heavy atom. The van der Waals surface area contributed by atoms with Gasteiger partial charge >= 0.3 is 0 Å². The van der Waals surface area contributed by atoms with Gasteiger partial charge in [0.1, 0.15) is 0 Å². The first kappa shape index (κ1) is 12.9. The highest BCUT2D eigenvalue weighted by Gasteiger charge is 2.17. The van der Waals surface area contributed by atoms with Crippen molar-refractivity contribution >= 4 is 11.9 Å². The number of rotatable bonds is 4. The van der Waals surface area contributed by atoms with E-state index in [1.165, 1.54) is 0 Å². The molecule has 3 rings (SSSR count). The lowest BCUT2D eigenvalue weighted by Crippen LogP contribution is -2.37. The molecule has 2 aromatic rings. The molecule has 0 bridgehead atoms. The number of hydrogen-bond acceptors (Lipinski definition) is 7. The lowest BCUT2D eigenvalue weighted by Gasteiger charge is -2.27. The summed E-state index contributed by atoms with van der Waals surface area (Å²) in [5.74, 6) is 2.41. The molecule has 1 aliphatic heterocycles.